The van der Waals surface area contributed by atoms with E-state index in [1.807, 2.05) is 0 Å². The molecular weight excluding hydrogens is 342 g/mol. The zero-order valence-corrected chi connectivity index (χ0v) is 11.9. The molecule has 0 amide bonds. The summed E-state index contributed by atoms with van der Waals surface area (Å²) in [5.41, 5.74) is 0.283. The Morgan fingerprint density at radius 1 is 1.42 bits per heavy atom. The van der Waals surface area contributed by atoms with E-state index in [0.29, 0.717) is 11.8 Å². The van der Waals surface area contributed by atoms with Gasteiger partial charge in [-0.2, -0.15) is 4.37 Å². The summed E-state index contributed by atoms with van der Waals surface area (Å²) in [5.74, 6) is -2.71. The Morgan fingerprint density at radius 3 is 2.74 bits per heavy atom. The number of rotatable bonds is 3. The fourth-order valence-corrected chi connectivity index (χ4v) is 2.59. The Morgan fingerprint density at radius 2 is 2.11 bits per heavy atom. The topological polar surface area (TPSA) is 62.2 Å². The lowest BCUT2D eigenvalue weighted by Crippen LogP contribution is -2.02. The molecule has 0 aliphatic heterocycles. The van der Waals surface area contributed by atoms with Crippen molar-refractivity contribution in [3.05, 3.63) is 39.5 Å². The van der Waals surface area contributed by atoms with E-state index in [2.05, 4.69) is 25.6 Å². The van der Waals surface area contributed by atoms with Crippen LogP contribution in [0.3, 0.4) is 0 Å². The first kappa shape index (κ1) is 13.9. The van der Waals surface area contributed by atoms with Crippen molar-refractivity contribution in [2.24, 2.45) is 0 Å². The third-order valence-electron chi connectivity index (χ3n) is 2.33. The predicted octanol–water partition coefficient (Wildman–Crippen LogP) is 3.93. The molecule has 0 spiro atoms. The molecule has 1 aromatic carbocycles. The highest BCUT2D eigenvalue weighted by Crippen LogP contribution is 2.31. The lowest BCUT2D eigenvalue weighted by atomic mass is 10.2. The molecule has 4 nitrogen and oxygen atoms in total. The van der Waals surface area contributed by atoms with E-state index in [9.17, 15) is 13.6 Å². The number of anilines is 2. The van der Waals surface area contributed by atoms with E-state index in [4.69, 9.17) is 5.11 Å². The molecule has 0 aliphatic rings. The summed E-state index contributed by atoms with van der Waals surface area (Å²) in [6.45, 7) is 1.54. The SMILES string of the molecule is Cc1nsc(Nc2cc(Br)c(F)cc2F)c1C(=O)O. The maximum atomic E-state index is 13.6. The molecule has 0 fully saturated rings. The van der Waals surface area contributed by atoms with Gasteiger partial charge in [0.2, 0.25) is 0 Å². The maximum absolute atomic E-state index is 13.6. The van der Waals surface area contributed by atoms with Gasteiger partial charge in [-0.3, -0.25) is 0 Å². The second-order valence-corrected chi connectivity index (χ2v) is 5.28. The quantitative estimate of drug-likeness (QED) is 0.825. The van der Waals surface area contributed by atoms with E-state index in [-0.39, 0.29) is 20.7 Å². The van der Waals surface area contributed by atoms with Gasteiger partial charge in [0.05, 0.1) is 15.9 Å². The van der Waals surface area contributed by atoms with Crippen molar-refractivity contribution in [2.45, 2.75) is 6.92 Å². The molecule has 0 bridgehead atoms. The van der Waals surface area contributed by atoms with Gasteiger partial charge in [0.1, 0.15) is 22.2 Å². The molecule has 8 heteroatoms. The number of halogens is 3. The Balaban J connectivity index is 2.42. The number of nitrogens with zero attached hydrogens (tertiary/aromatic N) is 1. The van der Waals surface area contributed by atoms with Crippen LogP contribution in [0, 0.1) is 18.6 Å². The van der Waals surface area contributed by atoms with Crippen molar-refractivity contribution < 1.29 is 18.7 Å². The number of carboxylic acids is 1. The molecule has 19 heavy (non-hydrogen) atoms. The van der Waals surface area contributed by atoms with Gasteiger partial charge in [-0.25, -0.2) is 13.6 Å². The normalized spacial score (nSPS) is 10.5. The van der Waals surface area contributed by atoms with Gasteiger partial charge < -0.3 is 10.4 Å². The molecule has 0 saturated carbocycles. The third kappa shape index (κ3) is 2.74. The number of aryl methyl sites for hydroxylation is 1. The molecule has 0 unspecified atom stereocenters. The van der Waals surface area contributed by atoms with E-state index in [1.165, 1.54) is 6.07 Å². The van der Waals surface area contributed by atoms with E-state index in [0.717, 1.165) is 11.5 Å². The number of carboxylic acid groups (broad SMARTS) is 1. The Labute approximate surface area is 119 Å². The number of benzene rings is 1. The maximum Gasteiger partial charge on any atom is 0.340 e. The summed E-state index contributed by atoms with van der Waals surface area (Å²) < 4.78 is 30.6. The summed E-state index contributed by atoms with van der Waals surface area (Å²) >= 11 is 3.84. The summed E-state index contributed by atoms with van der Waals surface area (Å²) in [5, 5.41) is 11.9. The van der Waals surface area contributed by atoms with Crippen molar-refractivity contribution in [1.82, 2.24) is 4.37 Å². The number of nitrogens with one attached hydrogen (secondary N) is 1. The average Bonchev–Trinajstić information content (AvgIpc) is 2.67. The molecule has 1 aromatic heterocycles. The van der Waals surface area contributed by atoms with Crippen molar-refractivity contribution in [1.29, 1.82) is 0 Å². The van der Waals surface area contributed by atoms with Crippen molar-refractivity contribution >= 4 is 44.1 Å². The van der Waals surface area contributed by atoms with Crippen molar-refractivity contribution in [3.63, 3.8) is 0 Å². The van der Waals surface area contributed by atoms with Gasteiger partial charge in [0, 0.05) is 6.07 Å². The van der Waals surface area contributed by atoms with Gasteiger partial charge in [-0.15, -0.1) is 0 Å². The highest BCUT2D eigenvalue weighted by atomic mass is 79.9. The molecule has 0 radical (unpaired) electrons. The second kappa shape index (κ2) is 5.22. The van der Waals surface area contributed by atoms with E-state index < -0.39 is 17.6 Å². The van der Waals surface area contributed by atoms with Crippen LogP contribution in [0.15, 0.2) is 16.6 Å². The zero-order chi connectivity index (χ0) is 14.2. The lowest BCUT2D eigenvalue weighted by Gasteiger charge is -2.07. The highest BCUT2D eigenvalue weighted by Gasteiger charge is 2.19. The van der Waals surface area contributed by atoms with Gasteiger partial charge in [-0.05, 0) is 40.5 Å². The smallest absolute Gasteiger partial charge is 0.340 e. The van der Waals surface area contributed by atoms with Crippen molar-refractivity contribution in [3.8, 4) is 0 Å². The summed E-state index contributed by atoms with van der Waals surface area (Å²) in [6.07, 6.45) is 0. The largest absolute Gasteiger partial charge is 0.478 e. The fourth-order valence-electron chi connectivity index (χ4n) is 1.45. The standard InChI is InChI=1S/C11H7BrF2N2O2S/c1-4-9(11(17)18)10(19-16-4)15-8-2-5(12)6(13)3-7(8)14/h2-3,15H,1H3,(H,17,18). The third-order valence-corrected chi connectivity index (χ3v) is 3.80. The molecule has 1 heterocycles. The van der Waals surface area contributed by atoms with Crippen molar-refractivity contribution in [2.75, 3.05) is 5.32 Å². The fraction of sp³-hybridized carbons (Fsp3) is 0.0909. The molecule has 2 N–H and O–H groups in total. The van der Waals surface area contributed by atoms with Gasteiger partial charge >= 0.3 is 5.97 Å². The average molecular weight is 349 g/mol. The zero-order valence-electron chi connectivity index (χ0n) is 9.50. The number of carbonyl (C=O) groups is 1. The molecule has 2 rings (SSSR count). The number of hydrogen-bond acceptors (Lipinski definition) is 4. The first-order chi connectivity index (χ1) is 8.90. The molecule has 0 aliphatic carbocycles. The van der Waals surface area contributed by atoms with Crippen LogP contribution in [-0.2, 0) is 0 Å². The number of hydrogen-bond donors (Lipinski definition) is 2. The predicted molar refractivity (Wildman–Crippen MR) is 71.2 cm³/mol. The molecule has 2 aromatic rings. The minimum atomic E-state index is -1.16. The van der Waals surface area contributed by atoms with Gasteiger partial charge in [0.15, 0.2) is 0 Å². The van der Waals surface area contributed by atoms with Crippen LogP contribution in [0.25, 0.3) is 0 Å². The van der Waals surface area contributed by atoms with Crippen LogP contribution in [-0.4, -0.2) is 15.4 Å². The van der Waals surface area contributed by atoms with Crippen LogP contribution in [0.4, 0.5) is 19.5 Å². The molecule has 100 valence electrons. The van der Waals surface area contributed by atoms with Gasteiger partial charge in [-0.1, -0.05) is 0 Å². The number of aromatic nitrogens is 1. The summed E-state index contributed by atoms with van der Waals surface area (Å²) in [7, 11) is 0. The highest BCUT2D eigenvalue weighted by molar-refractivity contribution is 9.10. The Bertz CT molecular complexity index is 660. The van der Waals surface area contributed by atoms with E-state index in [1.54, 1.807) is 6.92 Å². The van der Waals surface area contributed by atoms with Crippen LogP contribution >= 0.6 is 27.5 Å². The summed E-state index contributed by atoms with van der Waals surface area (Å²) in [6, 6.07) is 1.91. The lowest BCUT2D eigenvalue weighted by molar-refractivity contribution is 0.0697. The van der Waals surface area contributed by atoms with Crippen LogP contribution in [0.1, 0.15) is 16.1 Å². The number of aromatic carboxylic acids is 1. The minimum absolute atomic E-state index is 0.0233. The second-order valence-electron chi connectivity index (χ2n) is 3.65. The first-order valence-corrected chi connectivity index (χ1v) is 6.58. The monoisotopic (exact) mass is 348 g/mol. The Kier molecular flexibility index (Phi) is 3.81. The molecule has 0 saturated heterocycles. The first-order valence-electron chi connectivity index (χ1n) is 5.01. The van der Waals surface area contributed by atoms with Crippen LogP contribution in [0.2, 0.25) is 0 Å². The Hall–Kier alpha value is -1.54. The molecule has 0 atom stereocenters. The molecular formula is C11H7BrF2N2O2S. The summed E-state index contributed by atoms with van der Waals surface area (Å²) in [4.78, 5) is 11.1. The van der Waals surface area contributed by atoms with Gasteiger partial charge in [0.25, 0.3) is 0 Å². The van der Waals surface area contributed by atoms with Crippen LogP contribution < -0.4 is 5.32 Å². The van der Waals surface area contributed by atoms with Crippen LogP contribution in [0.5, 0.6) is 0 Å². The van der Waals surface area contributed by atoms with E-state index >= 15 is 0 Å². The minimum Gasteiger partial charge on any atom is -0.478 e.